The van der Waals surface area contributed by atoms with Crippen molar-refractivity contribution < 1.29 is 4.79 Å². The van der Waals surface area contributed by atoms with Crippen LogP contribution >= 0.6 is 11.3 Å². The van der Waals surface area contributed by atoms with Gasteiger partial charge < -0.3 is 16.8 Å². The Morgan fingerprint density at radius 3 is 2.86 bits per heavy atom. The molecule has 1 aromatic carbocycles. The minimum atomic E-state index is -0.0892. The number of carbonyl (C=O) groups excluding carboxylic acids is 1. The normalized spacial score (nSPS) is 22.4. The Hall–Kier alpha value is -1.59. The van der Waals surface area contributed by atoms with E-state index < -0.39 is 0 Å². The molecule has 0 bridgehead atoms. The van der Waals surface area contributed by atoms with Gasteiger partial charge in [-0.05, 0) is 31.4 Å². The van der Waals surface area contributed by atoms with E-state index in [-0.39, 0.29) is 18.0 Å². The zero-order chi connectivity index (χ0) is 15.0. The standard InChI is InChI=1S/C16H21N3OS/c1-9-6-7-10-13(8-9)21-15(14(10)18)16(20)19-12-5-3-2-4-11(12)17/h6-8,11-12H,2-5,17-18H2,1H3,(H,19,20). The summed E-state index contributed by atoms with van der Waals surface area (Å²) in [4.78, 5) is 13.1. The molecule has 2 atom stereocenters. The van der Waals surface area contributed by atoms with Crippen LogP contribution in [-0.2, 0) is 0 Å². The van der Waals surface area contributed by atoms with E-state index in [2.05, 4.69) is 11.4 Å². The van der Waals surface area contributed by atoms with Crippen LogP contribution in [0.25, 0.3) is 10.1 Å². The zero-order valence-corrected chi connectivity index (χ0v) is 13.0. The van der Waals surface area contributed by atoms with Crippen LogP contribution < -0.4 is 16.8 Å². The highest BCUT2D eigenvalue weighted by Gasteiger charge is 2.25. The van der Waals surface area contributed by atoms with Crippen molar-refractivity contribution in [1.29, 1.82) is 0 Å². The second kappa shape index (κ2) is 5.66. The summed E-state index contributed by atoms with van der Waals surface area (Å²) in [5.41, 5.74) is 14.0. The molecule has 1 heterocycles. The number of thiophene rings is 1. The molecule has 5 heteroatoms. The lowest BCUT2D eigenvalue weighted by Gasteiger charge is -2.29. The minimum Gasteiger partial charge on any atom is -0.397 e. The number of nitrogens with one attached hydrogen (secondary N) is 1. The van der Waals surface area contributed by atoms with Crippen molar-refractivity contribution in [3.63, 3.8) is 0 Å². The fourth-order valence-electron chi connectivity index (χ4n) is 2.97. The van der Waals surface area contributed by atoms with Crippen molar-refractivity contribution >= 4 is 33.0 Å². The number of hydrogen-bond acceptors (Lipinski definition) is 4. The summed E-state index contributed by atoms with van der Waals surface area (Å²) >= 11 is 1.46. The molecule has 3 rings (SSSR count). The second-order valence-electron chi connectivity index (χ2n) is 5.87. The first-order valence-electron chi connectivity index (χ1n) is 7.41. The molecule has 1 fully saturated rings. The average Bonchev–Trinajstić information content (AvgIpc) is 2.78. The summed E-state index contributed by atoms with van der Waals surface area (Å²) in [6, 6.07) is 6.20. The predicted molar refractivity (Wildman–Crippen MR) is 88.7 cm³/mol. The molecule has 4 nitrogen and oxygen atoms in total. The number of fused-ring (bicyclic) bond motifs is 1. The molecule has 2 unspecified atom stereocenters. The van der Waals surface area contributed by atoms with Gasteiger partial charge in [-0.15, -0.1) is 11.3 Å². The van der Waals surface area contributed by atoms with Crippen LogP contribution in [0.3, 0.4) is 0 Å². The first-order chi connectivity index (χ1) is 10.1. The summed E-state index contributed by atoms with van der Waals surface area (Å²) in [5, 5.41) is 4.03. The number of hydrogen-bond donors (Lipinski definition) is 3. The lowest BCUT2D eigenvalue weighted by molar-refractivity contribution is 0.0926. The molecular weight excluding hydrogens is 282 g/mol. The van der Waals surface area contributed by atoms with E-state index in [1.165, 1.54) is 16.9 Å². The topological polar surface area (TPSA) is 81.1 Å². The Labute approximate surface area is 128 Å². The first-order valence-corrected chi connectivity index (χ1v) is 8.23. The Bertz CT molecular complexity index is 679. The van der Waals surface area contributed by atoms with E-state index in [0.29, 0.717) is 10.6 Å². The van der Waals surface area contributed by atoms with Gasteiger partial charge in [0, 0.05) is 22.2 Å². The van der Waals surface area contributed by atoms with Crippen LogP contribution in [0.15, 0.2) is 18.2 Å². The van der Waals surface area contributed by atoms with E-state index >= 15 is 0 Å². The van der Waals surface area contributed by atoms with Gasteiger partial charge >= 0.3 is 0 Å². The fourth-order valence-corrected chi connectivity index (χ4v) is 4.09. The van der Waals surface area contributed by atoms with E-state index in [1.807, 2.05) is 19.1 Å². The van der Waals surface area contributed by atoms with Crippen molar-refractivity contribution in [1.82, 2.24) is 5.32 Å². The van der Waals surface area contributed by atoms with E-state index in [0.717, 1.165) is 35.8 Å². The number of aryl methyl sites for hydroxylation is 1. The quantitative estimate of drug-likeness (QED) is 0.798. The molecule has 1 amide bonds. The molecule has 0 radical (unpaired) electrons. The van der Waals surface area contributed by atoms with Crippen LogP contribution in [0, 0.1) is 6.92 Å². The Kier molecular flexibility index (Phi) is 3.87. The van der Waals surface area contributed by atoms with E-state index in [1.54, 1.807) is 0 Å². The fraction of sp³-hybridized carbons (Fsp3) is 0.438. The van der Waals surface area contributed by atoms with Gasteiger partial charge in [-0.1, -0.05) is 25.0 Å². The summed E-state index contributed by atoms with van der Waals surface area (Å²) in [5.74, 6) is -0.0892. The minimum absolute atomic E-state index is 0.0561. The molecule has 0 saturated heterocycles. The smallest absolute Gasteiger partial charge is 0.263 e. The Balaban J connectivity index is 1.85. The monoisotopic (exact) mass is 303 g/mol. The predicted octanol–water partition coefficient (Wildman–Crippen LogP) is 2.79. The van der Waals surface area contributed by atoms with Crippen LogP contribution in [0.2, 0.25) is 0 Å². The molecule has 1 aliphatic rings. The van der Waals surface area contributed by atoms with Gasteiger partial charge in [-0.25, -0.2) is 0 Å². The number of nitrogen functional groups attached to an aromatic ring is 1. The number of rotatable bonds is 2. The van der Waals surface area contributed by atoms with Gasteiger partial charge in [0.25, 0.3) is 5.91 Å². The van der Waals surface area contributed by atoms with Crippen LogP contribution in [0.5, 0.6) is 0 Å². The van der Waals surface area contributed by atoms with Crippen LogP contribution in [0.1, 0.15) is 40.9 Å². The molecule has 0 spiro atoms. The zero-order valence-electron chi connectivity index (χ0n) is 12.2. The molecule has 1 saturated carbocycles. The number of nitrogens with two attached hydrogens (primary N) is 2. The van der Waals surface area contributed by atoms with Crippen molar-refractivity contribution in [2.24, 2.45) is 5.73 Å². The number of benzene rings is 1. The molecule has 1 aromatic heterocycles. The third-order valence-electron chi connectivity index (χ3n) is 4.23. The van der Waals surface area contributed by atoms with E-state index in [4.69, 9.17) is 11.5 Å². The number of anilines is 1. The lowest BCUT2D eigenvalue weighted by atomic mass is 9.91. The molecule has 112 valence electrons. The first kappa shape index (κ1) is 14.4. The third-order valence-corrected chi connectivity index (χ3v) is 5.39. The van der Waals surface area contributed by atoms with Gasteiger partial charge in [-0.2, -0.15) is 0 Å². The van der Waals surface area contributed by atoms with E-state index in [9.17, 15) is 4.79 Å². The van der Waals surface area contributed by atoms with Crippen molar-refractivity contribution in [2.75, 3.05) is 5.73 Å². The van der Waals surface area contributed by atoms with Crippen molar-refractivity contribution in [2.45, 2.75) is 44.7 Å². The SMILES string of the molecule is Cc1ccc2c(N)c(C(=O)NC3CCCCC3N)sc2c1. The summed E-state index contributed by atoms with van der Waals surface area (Å²) in [6.07, 6.45) is 4.21. The molecular formula is C16H21N3OS. The maximum atomic E-state index is 12.5. The molecule has 0 aliphatic heterocycles. The highest BCUT2D eigenvalue weighted by molar-refractivity contribution is 7.21. The van der Waals surface area contributed by atoms with Crippen LogP contribution in [-0.4, -0.2) is 18.0 Å². The molecule has 21 heavy (non-hydrogen) atoms. The number of carbonyl (C=O) groups is 1. The lowest BCUT2D eigenvalue weighted by Crippen LogP contribution is -2.49. The van der Waals surface area contributed by atoms with Gasteiger partial charge in [-0.3, -0.25) is 4.79 Å². The maximum Gasteiger partial charge on any atom is 0.263 e. The summed E-state index contributed by atoms with van der Waals surface area (Å²) in [6.45, 7) is 2.04. The summed E-state index contributed by atoms with van der Waals surface area (Å²) < 4.78 is 1.06. The summed E-state index contributed by atoms with van der Waals surface area (Å²) in [7, 11) is 0. The second-order valence-corrected chi connectivity index (χ2v) is 6.92. The van der Waals surface area contributed by atoms with Gasteiger partial charge in [0.05, 0.1) is 5.69 Å². The Morgan fingerprint density at radius 1 is 1.33 bits per heavy atom. The molecule has 2 aromatic rings. The van der Waals surface area contributed by atoms with Crippen molar-refractivity contribution in [3.05, 3.63) is 28.6 Å². The number of amides is 1. The highest BCUT2D eigenvalue weighted by Crippen LogP contribution is 2.34. The van der Waals surface area contributed by atoms with Crippen LogP contribution in [0.4, 0.5) is 5.69 Å². The Morgan fingerprint density at radius 2 is 2.10 bits per heavy atom. The van der Waals surface area contributed by atoms with Gasteiger partial charge in [0.1, 0.15) is 4.88 Å². The van der Waals surface area contributed by atoms with Gasteiger partial charge in [0.15, 0.2) is 0 Å². The maximum absolute atomic E-state index is 12.5. The van der Waals surface area contributed by atoms with Gasteiger partial charge in [0.2, 0.25) is 0 Å². The average molecular weight is 303 g/mol. The third kappa shape index (κ3) is 2.76. The highest BCUT2D eigenvalue weighted by atomic mass is 32.1. The largest absolute Gasteiger partial charge is 0.397 e. The van der Waals surface area contributed by atoms with Crippen molar-refractivity contribution in [3.8, 4) is 0 Å². The molecule has 1 aliphatic carbocycles. The molecule has 5 N–H and O–H groups in total.